The molecule has 0 bridgehead atoms. The molecule has 1 aromatic carbocycles. The Labute approximate surface area is 110 Å². The van der Waals surface area contributed by atoms with Crippen molar-refractivity contribution < 1.29 is 4.52 Å². The minimum absolute atomic E-state index is 0.527. The Kier molecular flexibility index (Phi) is 3.23. The highest BCUT2D eigenvalue weighted by atomic mass is 32.2. The summed E-state index contributed by atoms with van der Waals surface area (Å²) in [5.41, 5.74) is 0.989. The molecule has 1 saturated carbocycles. The first kappa shape index (κ1) is 11.6. The standard InChI is InChI=1S/C13H15N3OS/c1-2-18-11-7-3-9(4-8-11)12-15-13(17-16-12)14-10-5-6-10/h3-4,7-8,10H,2,5-6H2,1H3,(H,14,15,16). The van der Waals surface area contributed by atoms with Gasteiger partial charge in [0.2, 0.25) is 5.82 Å². The van der Waals surface area contributed by atoms with Crippen molar-refractivity contribution in [2.45, 2.75) is 30.7 Å². The number of anilines is 1. The van der Waals surface area contributed by atoms with Crippen molar-refractivity contribution in [1.82, 2.24) is 10.1 Å². The molecule has 0 aliphatic heterocycles. The van der Waals surface area contributed by atoms with Gasteiger partial charge in [-0.25, -0.2) is 0 Å². The first-order valence-corrected chi connectivity index (χ1v) is 7.17. The summed E-state index contributed by atoms with van der Waals surface area (Å²) in [4.78, 5) is 5.61. The first-order valence-electron chi connectivity index (χ1n) is 6.18. The number of benzene rings is 1. The van der Waals surface area contributed by atoms with Gasteiger partial charge in [0.05, 0.1) is 0 Å². The Bertz CT molecular complexity index is 519. The smallest absolute Gasteiger partial charge is 0.322 e. The van der Waals surface area contributed by atoms with Crippen LogP contribution in [0.2, 0.25) is 0 Å². The van der Waals surface area contributed by atoms with Gasteiger partial charge < -0.3 is 9.84 Å². The highest BCUT2D eigenvalue weighted by molar-refractivity contribution is 7.99. The summed E-state index contributed by atoms with van der Waals surface area (Å²) in [6.07, 6.45) is 2.39. The summed E-state index contributed by atoms with van der Waals surface area (Å²) in [6.45, 7) is 2.15. The molecular formula is C13H15N3OS. The summed E-state index contributed by atoms with van der Waals surface area (Å²) in [5, 5.41) is 7.18. The van der Waals surface area contributed by atoms with Crippen LogP contribution in [0.15, 0.2) is 33.7 Å². The van der Waals surface area contributed by atoms with Crippen molar-refractivity contribution in [3.63, 3.8) is 0 Å². The van der Waals surface area contributed by atoms with Gasteiger partial charge in [0, 0.05) is 16.5 Å². The molecule has 1 N–H and O–H groups in total. The lowest BCUT2D eigenvalue weighted by atomic mass is 10.2. The normalized spacial score (nSPS) is 14.7. The molecule has 1 heterocycles. The van der Waals surface area contributed by atoms with Gasteiger partial charge in [0.1, 0.15) is 0 Å². The van der Waals surface area contributed by atoms with Crippen LogP contribution >= 0.6 is 11.8 Å². The average Bonchev–Trinajstić information content (AvgIpc) is 3.07. The molecule has 1 aromatic heterocycles. The number of hydrogen-bond acceptors (Lipinski definition) is 5. The minimum atomic E-state index is 0.527. The van der Waals surface area contributed by atoms with Gasteiger partial charge in [-0.3, -0.25) is 0 Å². The number of thioether (sulfide) groups is 1. The zero-order chi connectivity index (χ0) is 12.4. The van der Waals surface area contributed by atoms with Crippen LogP contribution in [0.3, 0.4) is 0 Å². The molecule has 1 aliphatic rings. The van der Waals surface area contributed by atoms with E-state index in [0.717, 1.165) is 11.3 Å². The molecule has 0 amide bonds. The molecule has 0 spiro atoms. The molecule has 4 nitrogen and oxygen atoms in total. The SMILES string of the molecule is CCSc1ccc(-c2noc(NC3CC3)n2)cc1. The highest BCUT2D eigenvalue weighted by Gasteiger charge is 2.23. The van der Waals surface area contributed by atoms with Gasteiger partial charge in [0.15, 0.2) is 0 Å². The molecule has 5 heteroatoms. The van der Waals surface area contributed by atoms with E-state index >= 15 is 0 Å². The summed E-state index contributed by atoms with van der Waals surface area (Å²) in [5.74, 6) is 1.72. The van der Waals surface area contributed by atoms with Gasteiger partial charge in [-0.1, -0.05) is 12.1 Å². The fourth-order valence-electron chi connectivity index (χ4n) is 1.67. The fraction of sp³-hybridized carbons (Fsp3) is 0.385. The van der Waals surface area contributed by atoms with E-state index in [-0.39, 0.29) is 0 Å². The first-order chi connectivity index (χ1) is 8.85. The molecular weight excluding hydrogens is 246 g/mol. The maximum absolute atomic E-state index is 5.17. The van der Waals surface area contributed by atoms with Gasteiger partial charge in [-0.15, -0.1) is 11.8 Å². The highest BCUT2D eigenvalue weighted by Crippen LogP contribution is 2.26. The molecule has 1 fully saturated rings. The predicted molar refractivity (Wildman–Crippen MR) is 72.8 cm³/mol. The van der Waals surface area contributed by atoms with Gasteiger partial charge >= 0.3 is 6.01 Å². The second-order valence-electron chi connectivity index (χ2n) is 4.30. The van der Waals surface area contributed by atoms with E-state index in [0.29, 0.717) is 17.9 Å². The van der Waals surface area contributed by atoms with Crippen LogP contribution < -0.4 is 5.32 Å². The lowest BCUT2D eigenvalue weighted by Gasteiger charge is -1.98. The van der Waals surface area contributed by atoms with Crippen LogP contribution in [0.25, 0.3) is 11.4 Å². The Balaban J connectivity index is 1.74. The Morgan fingerprint density at radius 1 is 1.33 bits per heavy atom. The van der Waals surface area contributed by atoms with Gasteiger partial charge in [-0.2, -0.15) is 4.98 Å². The third-order valence-electron chi connectivity index (χ3n) is 2.75. The number of hydrogen-bond donors (Lipinski definition) is 1. The summed E-state index contributed by atoms with van der Waals surface area (Å²) in [7, 11) is 0. The Morgan fingerprint density at radius 3 is 2.78 bits per heavy atom. The average molecular weight is 261 g/mol. The molecule has 2 aromatic rings. The quantitative estimate of drug-likeness (QED) is 0.836. The zero-order valence-electron chi connectivity index (χ0n) is 10.2. The van der Waals surface area contributed by atoms with Crippen LogP contribution in [0, 0.1) is 0 Å². The molecule has 0 unspecified atom stereocenters. The molecule has 1 aliphatic carbocycles. The minimum Gasteiger partial charge on any atom is -0.335 e. The van der Waals surface area contributed by atoms with Crippen molar-refractivity contribution >= 4 is 17.8 Å². The van der Waals surface area contributed by atoms with Crippen molar-refractivity contribution in [3.05, 3.63) is 24.3 Å². The third kappa shape index (κ3) is 2.67. The number of aromatic nitrogens is 2. The van der Waals surface area contributed by atoms with Crippen LogP contribution in [0.5, 0.6) is 0 Å². The second-order valence-corrected chi connectivity index (χ2v) is 5.64. The Hall–Kier alpha value is -1.49. The predicted octanol–water partition coefficient (Wildman–Crippen LogP) is 3.42. The topological polar surface area (TPSA) is 51.0 Å². The van der Waals surface area contributed by atoms with E-state index in [9.17, 15) is 0 Å². The summed E-state index contributed by atoms with van der Waals surface area (Å²) < 4.78 is 5.17. The van der Waals surface area contributed by atoms with E-state index in [4.69, 9.17) is 4.52 Å². The van der Waals surface area contributed by atoms with Crippen molar-refractivity contribution in [2.75, 3.05) is 11.1 Å². The summed E-state index contributed by atoms with van der Waals surface area (Å²) in [6, 6.07) is 9.30. The second kappa shape index (κ2) is 5.02. The molecule has 94 valence electrons. The van der Waals surface area contributed by atoms with Gasteiger partial charge in [0.25, 0.3) is 0 Å². The van der Waals surface area contributed by atoms with Crippen LogP contribution in [0.1, 0.15) is 19.8 Å². The van der Waals surface area contributed by atoms with Gasteiger partial charge in [-0.05, 0) is 42.9 Å². The van der Waals surface area contributed by atoms with Crippen LogP contribution in [0.4, 0.5) is 6.01 Å². The monoisotopic (exact) mass is 261 g/mol. The molecule has 0 atom stereocenters. The number of rotatable bonds is 5. The van der Waals surface area contributed by atoms with Crippen molar-refractivity contribution in [3.8, 4) is 11.4 Å². The largest absolute Gasteiger partial charge is 0.335 e. The lowest BCUT2D eigenvalue weighted by molar-refractivity contribution is 0.432. The maximum Gasteiger partial charge on any atom is 0.322 e. The van der Waals surface area contributed by atoms with Crippen molar-refractivity contribution in [2.24, 2.45) is 0 Å². The van der Waals surface area contributed by atoms with E-state index in [1.165, 1.54) is 17.7 Å². The van der Waals surface area contributed by atoms with E-state index in [1.54, 1.807) is 0 Å². The van der Waals surface area contributed by atoms with Crippen molar-refractivity contribution in [1.29, 1.82) is 0 Å². The third-order valence-corrected chi connectivity index (χ3v) is 3.65. The lowest BCUT2D eigenvalue weighted by Crippen LogP contribution is -2.00. The van der Waals surface area contributed by atoms with Crippen LogP contribution in [-0.4, -0.2) is 21.9 Å². The zero-order valence-corrected chi connectivity index (χ0v) is 11.0. The Morgan fingerprint density at radius 2 is 2.11 bits per heavy atom. The molecule has 18 heavy (non-hydrogen) atoms. The van der Waals surface area contributed by atoms with E-state index in [2.05, 4.69) is 34.5 Å². The van der Waals surface area contributed by atoms with E-state index in [1.807, 2.05) is 23.9 Å². The fourth-order valence-corrected chi connectivity index (χ4v) is 2.33. The van der Waals surface area contributed by atoms with E-state index < -0.39 is 0 Å². The maximum atomic E-state index is 5.17. The molecule has 3 rings (SSSR count). The number of nitrogens with zero attached hydrogens (tertiary/aromatic N) is 2. The summed E-state index contributed by atoms with van der Waals surface area (Å²) >= 11 is 1.82. The molecule has 0 saturated heterocycles. The molecule has 0 radical (unpaired) electrons. The van der Waals surface area contributed by atoms with Crippen LogP contribution in [-0.2, 0) is 0 Å². The number of nitrogens with one attached hydrogen (secondary N) is 1.